The maximum atomic E-state index is 5.40. The zero-order valence-electron chi connectivity index (χ0n) is 9.74. The van der Waals surface area contributed by atoms with Crippen molar-refractivity contribution in [1.82, 2.24) is 5.32 Å². The Morgan fingerprint density at radius 3 is 2.73 bits per heavy atom. The lowest BCUT2D eigenvalue weighted by Crippen LogP contribution is -2.42. The third-order valence-electron chi connectivity index (χ3n) is 3.70. The van der Waals surface area contributed by atoms with Crippen LogP contribution in [0.25, 0.3) is 0 Å². The first-order valence-corrected chi connectivity index (χ1v) is 6.37. The molecule has 86 valence electrons. The Morgan fingerprint density at radius 1 is 1.27 bits per heavy atom. The highest BCUT2D eigenvalue weighted by molar-refractivity contribution is 4.98. The summed E-state index contributed by atoms with van der Waals surface area (Å²) in [5, 5.41) is 3.75. The summed E-state index contributed by atoms with van der Waals surface area (Å²) >= 11 is 0. The minimum Gasteiger partial charge on any atom is -0.381 e. The summed E-state index contributed by atoms with van der Waals surface area (Å²) in [6, 6.07) is 1.26. The largest absolute Gasteiger partial charge is 0.381 e. The molecular weight excluding hydrogens is 186 g/mol. The van der Waals surface area contributed by atoms with Gasteiger partial charge in [-0.1, -0.05) is 12.2 Å². The van der Waals surface area contributed by atoms with E-state index >= 15 is 0 Å². The zero-order valence-corrected chi connectivity index (χ0v) is 9.74. The molecule has 1 aliphatic carbocycles. The Hall–Kier alpha value is -0.340. The second-order valence-electron chi connectivity index (χ2n) is 4.87. The SMILES string of the molecule is CC(NC1C=CCCC1)C1CCOCC1. The normalized spacial score (nSPS) is 30.3. The van der Waals surface area contributed by atoms with Crippen molar-refractivity contribution in [2.24, 2.45) is 5.92 Å². The predicted molar refractivity (Wildman–Crippen MR) is 62.9 cm³/mol. The molecule has 1 heterocycles. The molecule has 1 fully saturated rings. The smallest absolute Gasteiger partial charge is 0.0469 e. The van der Waals surface area contributed by atoms with Crippen molar-refractivity contribution in [3.63, 3.8) is 0 Å². The maximum Gasteiger partial charge on any atom is 0.0469 e. The fraction of sp³-hybridized carbons (Fsp3) is 0.846. The van der Waals surface area contributed by atoms with Gasteiger partial charge in [0.15, 0.2) is 0 Å². The van der Waals surface area contributed by atoms with Gasteiger partial charge in [0.2, 0.25) is 0 Å². The molecule has 2 unspecified atom stereocenters. The van der Waals surface area contributed by atoms with Crippen molar-refractivity contribution in [1.29, 1.82) is 0 Å². The number of hydrogen-bond acceptors (Lipinski definition) is 2. The van der Waals surface area contributed by atoms with Crippen molar-refractivity contribution >= 4 is 0 Å². The Morgan fingerprint density at radius 2 is 2.07 bits per heavy atom. The van der Waals surface area contributed by atoms with Gasteiger partial charge < -0.3 is 10.1 Å². The maximum absolute atomic E-state index is 5.40. The van der Waals surface area contributed by atoms with Crippen LogP contribution in [0.2, 0.25) is 0 Å². The molecule has 0 aromatic rings. The Labute approximate surface area is 93.1 Å². The lowest BCUT2D eigenvalue weighted by molar-refractivity contribution is 0.0549. The summed E-state index contributed by atoms with van der Waals surface area (Å²) in [5.41, 5.74) is 0. The third-order valence-corrected chi connectivity index (χ3v) is 3.70. The average Bonchev–Trinajstić information content (AvgIpc) is 2.31. The molecule has 0 spiro atoms. The molecule has 1 aliphatic heterocycles. The van der Waals surface area contributed by atoms with Crippen LogP contribution >= 0.6 is 0 Å². The van der Waals surface area contributed by atoms with Crippen LogP contribution in [-0.2, 0) is 4.74 Å². The molecule has 2 atom stereocenters. The van der Waals surface area contributed by atoms with E-state index in [2.05, 4.69) is 24.4 Å². The third kappa shape index (κ3) is 3.32. The van der Waals surface area contributed by atoms with Gasteiger partial charge in [-0.3, -0.25) is 0 Å². The second-order valence-corrected chi connectivity index (χ2v) is 4.87. The Kier molecular flexibility index (Phi) is 4.21. The lowest BCUT2D eigenvalue weighted by atomic mass is 9.91. The number of rotatable bonds is 3. The summed E-state index contributed by atoms with van der Waals surface area (Å²) < 4.78 is 5.40. The van der Waals surface area contributed by atoms with Gasteiger partial charge in [-0.15, -0.1) is 0 Å². The molecular formula is C13H23NO. The molecule has 15 heavy (non-hydrogen) atoms. The van der Waals surface area contributed by atoms with E-state index in [0.29, 0.717) is 12.1 Å². The highest BCUT2D eigenvalue weighted by atomic mass is 16.5. The number of allylic oxidation sites excluding steroid dienone is 1. The first-order chi connectivity index (χ1) is 7.36. The standard InChI is InChI=1S/C13H23NO/c1-11(12-7-9-15-10-8-12)14-13-5-3-2-4-6-13/h3,5,11-14H,2,4,6-10H2,1H3. The molecule has 2 aliphatic rings. The van der Waals surface area contributed by atoms with Crippen LogP contribution in [-0.4, -0.2) is 25.3 Å². The van der Waals surface area contributed by atoms with Gasteiger partial charge in [0.05, 0.1) is 0 Å². The first kappa shape index (κ1) is 11.2. The van der Waals surface area contributed by atoms with E-state index in [4.69, 9.17) is 4.74 Å². The fourth-order valence-corrected chi connectivity index (χ4v) is 2.64. The van der Waals surface area contributed by atoms with Gasteiger partial charge in [0.25, 0.3) is 0 Å². The van der Waals surface area contributed by atoms with Crippen LogP contribution < -0.4 is 5.32 Å². The van der Waals surface area contributed by atoms with Crippen LogP contribution in [0.15, 0.2) is 12.2 Å². The summed E-state index contributed by atoms with van der Waals surface area (Å²) in [6.07, 6.45) is 11.0. The molecule has 0 bridgehead atoms. The molecule has 0 radical (unpaired) electrons. The monoisotopic (exact) mass is 209 g/mol. The van der Waals surface area contributed by atoms with Crippen LogP contribution in [0.4, 0.5) is 0 Å². The molecule has 0 saturated carbocycles. The van der Waals surface area contributed by atoms with Crippen LogP contribution in [0.5, 0.6) is 0 Å². The summed E-state index contributed by atoms with van der Waals surface area (Å²) in [5.74, 6) is 0.814. The van der Waals surface area contributed by atoms with E-state index < -0.39 is 0 Å². The van der Waals surface area contributed by atoms with Gasteiger partial charge in [-0.25, -0.2) is 0 Å². The molecule has 2 nitrogen and oxygen atoms in total. The molecule has 0 amide bonds. The lowest BCUT2D eigenvalue weighted by Gasteiger charge is -2.31. The highest BCUT2D eigenvalue weighted by Gasteiger charge is 2.22. The molecule has 2 heteroatoms. The molecule has 2 rings (SSSR count). The molecule has 1 N–H and O–H groups in total. The quantitative estimate of drug-likeness (QED) is 0.721. The first-order valence-electron chi connectivity index (χ1n) is 6.37. The van der Waals surface area contributed by atoms with Crippen molar-refractivity contribution in [2.45, 2.75) is 51.1 Å². The van der Waals surface area contributed by atoms with Gasteiger partial charge in [-0.05, 0) is 44.9 Å². The topological polar surface area (TPSA) is 21.3 Å². The minimum atomic E-state index is 0.622. The van der Waals surface area contributed by atoms with E-state index in [-0.39, 0.29) is 0 Å². The molecule has 1 saturated heterocycles. The van der Waals surface area contributed by atoms with Crippen molar-refractivity contribution in [2.75, 3.05) is 13.2 Å². The fourth-order valence-electron chi connectivity index (χ4n) is 2.64. The second kappa shape index (κ2) is 5.66. The van der Waals surface area contributed by atoms with Crippen LogP contribution in [0.3, 0.4) is 0 Å². The number of hydrogen-bond donors (Lipinski definition) is 1. The predicted octanol–water partition coefficient (Wildman–Crippen LogP) is 2.50. The van der Waals surface area contributed by atoms with Crippen LogP contribution in [0, 0.1) is 5.92 Å². The van der Waals surface area contributed by atoms with E-state index in [9.17, 15) is 0 Å². The van der Waals surface area contributed by atoms with Gasteiger partial charge >= 0.3 is 0 Å². The van der Waals surface area contributed by atoms with E-state index in [0.717, 1.165) is 19.1 Å². The highest BCUT2D eigenvalue weighted by Crippen LogP contribution is 2.20. The minimum absolute atomic E-state index is 0.622. The average molecular weight is 209 g/mol. The Balaban J connectivity index is 1.77. The van der Waals surface area contributed by atoms with Crippen LogP contribution in [0.1, 0.15) is 39.0 Å². The number of ether oxygens (including phenoxy) is 1. The van der Waals surface area contributed by atoms with Crippen molar-refractivity contribution in [3.05, 3.63) is 12.2 Å². The van der Waals surface area contributed by atoms with Gasteiger partial charge in [0.1, 0.15) is 0 Å². The number of nitrogens with one attached hydrogen (secondary N) is 1. The zero-order chi connectivity index (χ0) is 10.5. The van der Waals surface area contributed by atoms with Crippen molar-refractivity contribution in [3.8, 4) is 0 Å². The molecule has 0 aromatic carbocycles. The van der Waals surface area contributed by atoms with Gasteiger partial charge in [-0.2, -0.15) is 0 Å². The Bertz CT molecular complexity index is 209. The van der Waals surface area contributed by atoms with E-state index in [1.165, 1.54) is 32.1 Å². The van der Waals surface area contributed by atoms with E-state index in [1.54, 1.807) is 0 Å². The summed E-state index contributed by atoms with van der Waals surface area (Å²) in [7, 11) is 0. The van der Waals surface area contributed by atoms with E-state index in [1.807, 2.05) is 0 Å². The van der Waals surface area contributed by atoms with Gasteiger partial charge in [0, 0.05) is 25.3 Å². The summed E-state index contributed by atoms with van der Waals surface area (Å²) in [6.45, 7) is 4.24. The molecule has 0 aromatic heterocycles. The van der Waals surface area contributed by atoms with Crippen molar-refractivity contribution < 1.29 is 4.74 Å². The summed E-state index contributed by atoms with van der Waals surface area (Å²) in [4.78, 5) is 0.